The molecule has 0 bridgehead atoms. The normalized spacial score (nSPS) is 2.77. The Balaban J connectivity index is -0.000000143. The van der Waals surface area contributed by atoms with Crippen molar-refractivity contribution >= 4 is 37.7 Å². The maximum atomic E-state index is 6.19. The molecule has 0 nitrogen and oxygen atoms in total. The molecule has 0 rings (SSSR count). The first-order valence-electron chi connectivity index (χ1n) is 2.58. The van der Waals surface area contributed by atoms with Crippen molar-refractivity contribution in [3.05, 3.63) is 12.8 Å². The molecule has 0 heterocycles. The quantitative estimate of drug-likeness (QED) is 0.285. The Labute approximate surface area is 110 Å². The van der Waals surface area contributed by atoms with Gasteiger partial charge in [0.1, 0.15) is 0 Å². The van der Waals surface area contributed by atoms with E-state index in [1.165, 1.54) is 0 Å². The zero-order valence-electron chi connectivity index (χ0n) is 6.86. The van der Waals surface area contributed by atoms with Crippen LogP contribution in [0, 0.1) is 73.1 Å². The summed E-state index contributed by atoms with van der Waals surface area (Å²) < 4.78 is 0. The van der Waals surface area contributed by atoms with Crippen molar-refractivity contribution in [2.75, 3.05) is 0 Å². The molecule has 0 aliphatic carbocycles. The summed E-state index contributed by atoms with van der Waals surface area (Å²) >= 11 is 0. The molecule has 0 aliphatic rings. The van der Waals surface area contributed by atoms with Crippen molar-refractivity contribution in [3.63, 3.8) is 0 Å². The number of hydrogen-bond acceptors (Lipinski definition) is 0. The fourth-order valence-corrected chi connectivity index (χ4v) is 0.135. The fourth-order valence-electron chi connectivity index (χ4n) is 0.135. The van der Waals surface area contributed by atoms with E-state index in [9.17, 15) is 0 Å². The van der Waals surface area contributed by atoms with Gasteiger partial charge in [-0.25, -0.2) is 11.8 Å². The second-order valence-corrected chi connectivity index (χ2v) is 1.04. The van der Waals surface area contributed by atoms with Crippen LogP contribution in [0.3, 0.4) is 0 Å². The van der Waals surface area contributed by atoms with Gasteiger partial charge in [-0.05, 0) is 11.8 Å². The first-order valence-corrected chi connectivity index (χ1v) is 2.58. The summed E-state index contributed by atoms with van der Waals surface area (Å²) in [6, 6.07) is 0. The van der Waals surface area contributed by atoms with Crippen molar-refractivity contribution in [1.82, 2.24) is 0 Å². The van der Waals surface area contributed by atoms with Gasteiger partial charge >= 0.3 is 37.7 Å². The molecule has 0 amide bonds. The smallest absolute Gasteiger partial charge is 0.358 e. The molecule has 0 aromatic heterocycles. The van der Waals surface area contributed by atoms with Gasteiger partial charge in [0, 0.05) is 0 Å². The molecule has 0 radical (unpaired) electrons. The van der Waals surface area contributed by atoms with E-state index in [0.29, 0.717) is 0 Å². The van der Waals surface area contributed by atoms with E-state index in [4.69, 9.17) is 12.8 Å². The Bertz CT molecular complexity index is 313. The number of terminal acetylenes is 2. The molecule has 52 valence electrons. The van der Waals surface area contributed by atoms with Gasteiger partial charge in [0.15, 0.2) is 0 Å². The Morgan fingerprint density at radius 2 is 1.00 bits per heavy atom. The Morgan fingerprint density at radius 1 is 0.692 bits per heavy atom. The van der Waals surface area contributed by atoms with E-state index in [-0.39, 0.29) is 37.7 Å². The van der Waals surface area contributed by atoms with Gasteiger partial charge in [0.05, 0.1) is 0 Å². The van der Waals surface area contributed by atoms with E-state index in [0.717, 1.165) is 0 Å². The minimum atomic E-state index is 0. The second kappa shape index (κ2) is 22.4. The maximum absolute atomic E-state index is 6.19. The predicted molar refractivity (Wildman–Crippen MR) is 53.2 cm³/mol. The molecule has 0 saturated heterocycles. The summed E-state index contributed by atoms with van der Waals surface area (Å²) in [5.74, 6) is 16.3. The topological polar surface area (TPSA) is 0 Å². The molecule has 0 fully saturated rings. The van der Waals surface area contributed by atoms with Gasteiger partial charge in [-0.15, -0.1) is 24.7 Å². The molecule has 13 heavy (non-hydrogen) atoms. The molecular weight excluding hydrogens is 184 g/mol. The summed E-state index contributed by atoms with van der Waals surface area (Å²) in [5.41, 5.74) is 0. The van der Waals surface area contributed by atoms with Crippen LogP contribution in [0.25, 0.3) is 0 Å². The summed E-state index contributed by atoms with van der Waals surface area (Å²) in [6.07, 6.45) is 21.7. The summed E-state index contributed by atoms with van der Waals surface area (Å²) in [4.78, 5) is 0. The SMILES string of the molecule is [C-]#CC#CC#C.[C-]#CC#CC#C.[Ca+2]. The molecule has 0 aliphatic heterocycles. The van der Waals surface area contributed by atoms with Crippen molar-refractivity contribution < 1.29 is 0 Å². The molecule has 0 unspecified atom stereocenters. The molecule has 0 atom stereocenters. The molecule has 0 aromatic carbocycles. The first kappa shape index (κ1) is 17.6. The molecule has 0 N–H and O–H groups in total. The van der Waals surface area contributed by atoms with Crippen LogP contribution in [0.1, 0.15) is 0 Å². The summed E-state index contributed by atoms with van der Waals surface area (Å²) in [6.45, 7) is 0. The van der Waals surface area contributed by atoms with E-state index in [1.54, 1.807) is 0 Å². The van der Waals surface area contributed by atoms with Gasteiger partial charge in [0.2, 0.25) is 0 Å². The average molecular weight is 186 g/mol. The van der Waals surface area contributed by atoms with Crippen molar-refractivity contribution in [3.8, 4) is 60.2 Å². The Morgan fingerprint density at radius 3 is 1.08 bits per heavy atom. The summed E-state index contributed by atoms with van der Waals surface area (Å²) in [7, 11) is 0. The standard InChI is InChI=1S/2C6H.Ca/c2*1-3-5-6-4-2;/h2*1H;/q2*-1;+2. The van der Waals surface area contributed by atoms with Crippen molar-refractivity contribution in [2.24, 2.45) is 0 Å². The van der Waals surface area contributed by atoms with E-state index >= 15 is 0 Å². The van der Waals surface area contributed by atoms with Gasteiger partial charge < -0.3 is 12.8 Å². The largest absolute Gasteiger partial charge is 2.00 e. The van der Waals surface area contributed by atoms with Crippen LogP contribution in [0.5, 0.6) is 0 Å². The Kier molecular flexibility index (Phi) is 30.4. The molecular formula is C12H2Ca. The van der Waals surface area contributed by atoms with Gasteiger partial charge in [0.25, 0.3) is 0 Å². The minimum absolute atomic E-state index is 0. The van der Waals surface area contributed by atoms with Crippen LogP contribution in [0.15, 0.2) is 0 Å². The zero-order chi connectivity index (χ0) is 9.66. The number of hydrogen-bond donors (Lipinski definition) is 0. The second-order valence-electron chi connectivity index (χ2n) is 1.04. The monoisotopic (exact) mass is 186 g/mol. The fraction of sp³-hybridized carbons (Fsp3) is 0. The van der Waals surface area contributed by atoms with Crippen LogP contribution >= 0.6 is 0 Å². The van der Waals surface area contributed by atoms with Crippen molar-refractivity contribution in [1.29, 1.82) is 0 Å². The minimum Gasteiger partial charge on any atom is -0.358 e. The van der Waals surface area contributed by atoms with E-state index in [1.807, 2.05) is 23.7 Å². The maximum Gasteiger partial charge on any atom is 2.00 e. The predicted octanol–water partition coefficient (Wildman–Crippen LogP) is 0.0448. The van der Waals surface area contributed by atoms with Crippen LogP contribution in [0.2, 0.25) is 0 Å². The van der Waals surface area contributed by atoms with E-state index in [2.05, 4.69) is 36.5 Å². The first-order chi connectivity index (χ1) is 5.83. The van der Waals surface area contributed by atoms with E-state index < -0.39 is 0 Å². The molecule has 0 aromatic rings. The Hall–Kier alpha value is -1.38. The van der Waals surface area contributed by atoms with Gasteiger partial charge in [-0.3, -0.25) is 11.8 Å². The molecule has 1 heteroatoms. The molecule has 0 spiro atoms. The van der Waals surface area contributed by atoms with Gasteiger partial charge in [-0.2, -0.15) is 0 Å². The third kappa shape index (κ3) is 37.0. The number of rotatable bonds is 0. The molecule has 0 saturated carbocycles. The van der Waals surface area contributed by atoms with Crippen LogP contribution in [-0.4, -0.2) is 37.7 Å². The van der Waals surface area contributed by atoms with Crippen molar-refractivity contribution in [2.45, 2.75) is 0 Å². The van der Waals surface area contributed by atoms with Crippen LogP contribution < -0.4 is 0 Å². The zero-order valence-corrected chi connectivity index (χ0v) is 9.07. The third-order valence-corrected chi connectivity index (χ3v) is 0.394. The van der Waals surface area contributed by atoms with Gasteiger partial charge in [-0.1, -0.05) is 0 Å². The third-order valence-electron chi connectivity index (χ3n) is 0.394. The van der Waals surface area contributed by atoms with Crippen LogP contribution in [-0.2, 0) is 0 Å². The average Bonchev–Trinajstić information content (AvgIpc) is 2.12. The summed E-state index contributed by atoms with van der Waals surface area (Å²) in [5, 5.41) is 0. The van der Waals surface area contributed by atoms with Crippen LogP contribution in [0.4, 0.5) is 0 Å².